The molecule has 1 aliphatic rings. The van der Waals surface area contributed by atoms with Gasteiger partial charge in [-0.05, 0) is 42.7 Å². The second-order valence-electron chi connectivity index (χ2n) is 6.14. The molecule has 1 fully saturated rings. The van der Waals surface area contributed by atoms with Crippen LogP contribution >= 0.6 is 0 Å². The lowest BCUT2D eigenvalue weighted by Crippen LogP contribution is -2.18. The quantitative estimate of drug-likeness (QED) is 0.587. The number of rotatable bonds is 5. The van der Waals surface area contributed by atoms with E-state index >= 15 is 0 Å². The highest BCUT2D eigenvalue weighted by molar-refractivity contribution is 5.91. The van der Waals surface area contributed by atoms with Gasteiger partial charge in [0.25, 0.3) is 0 Å². The largest absolute Gasteiger partial charge is 0.496 e. The maximum absolute atomic E-state index is 13.5. The standard InChI is InChI=1S/C21H21FN2O2/c1-25-20-13-19(24-8-3-4-9-24)21(26-2)12-16(20)10-17(14-23)15-6-5-7-18(22)11-15/h5-7,10-13H,3-4,8-9H2,1-2H3/b17-10-. The first-order valence-corrected chi connectivity index (χ1v) is 8.55. The molecular formula is C21H21FN2O2. The molecule has 1 heterocycles. The van der Waals surface area contributed by atoms with Crippen molar-refractivity contribution in [2.45, 2.75) is 12.8 Å². The second-order valence-corrected chi connectivity index (χ2v) is 6.14. The van der Waals surface area contributed by atoms with Crippen LogP contribution in [0.15, 0.2) is 36.4 Å². The van der Waals surface area contributed by atoms with Crippen LogP contribution in [0.5, 0.6) is 11.5 Å². The van der Waals surface area contributed by atoms with Gasteiger partial charge in [-0.1, -0.05) is 12.1 Å². The highest BCUT2D eigenvalue weighted by Gasteiger charge is 2.19. The first kappa shape index (κ1) is 17.8. The van der Waals surface area contributed by atoms with E-state index in [4.69, 9.17) is 9.47 Å². The smallest absolute Gasteiger partial charge is 0.143 e. The molecule has 5 heteroatoms. The third-order valence-electron chi connectivity index (χ3n) is 4.53. The van der Waals surface area contributed by atoms with Crippen molar-refractivity contribution in [1.29, 1.82) is 5.26 Å². The van der Waals surface area contributed by atoms with E-state index in [0.717, 1.165) is 37.4 Å². The molecule has 4 nitrogen and oxygen atoms in total. The van der Waals surface area contributed by atoms with Crippen LogP contribution in [0.25, 0.3) is 11.6 Å². The van der Waals surface area contributed by atoms with Gasteiger partial charge in [0.2, 0.25) is 0 Å². The fourth-order valence-corrected chi connectivity index (χ4v) is 3.21. The number of ether oxygens (including phenoxy) is 2. The molecule has 0 spiro atoms. The third kappa shape index (κ3) is 3.65. The predicted octanol–water partition coefficient (Wildman–Crippen LogP) is 4.51. The molecule has 1 aliphatic heterocycles. The monoisotopic (exact) mass is 352 g/mol. The molecule has 2 aromatic carbocycles. The highest BCUT2D eigenvalue weighted by Crippen LogP contribution is 2.38. The van der Waals surface area contributed by atoms with E-state index in [1.807, 2.05) is 12.1 Å². The van der Waals surface area contributed by atoms with Crippen molar-refractivity contribution in [2.75, 3.05) is 32.2 Å². The van der Waals surface area contributed by atoms with Crippen LogP contribution in [-0.2, 0) is 0 Å². The van der Waals surface area contributed by atoms with Crippen molar-refractivity contribution in [1.82, 2.24) is 0 Å². The predicted molar refractivity (Wildman–Crippen MR) is 101 cm³/mol. The van der Waals surface area contributed by atoms with Crippen LogP contribution in [-0.4, -0.2) is 27.3 Å². The lowest BCUT2D eigenvalue weighted by molar-refractivity contribution is 0.402. The summed E-state index contributed by atoms with van der Waals surface area (Å²) in [5.74, 6) is 1.00. The van der Waals surface area contributed by atoms with Gasteiger partial charge in [0.05, 0.1) is 31.5 Å². The molecule has 0 bridgehead atoms. The summed E-state index contributed by atoms with van der Waals surface area (Å²) in [6, 6.07) is 11.9. The summed E-state index contributed by atoms with van der Waals surface area (Å²) in [5.41, 5.74) is 2.59. The first-order chi connectivity index (χ1) is 12.7. The summed E-state index contributed by atoms with van der Waals surface area (Å²) < 4.78 is 24.6. The fraction of sp³-hybridized carbons (Fsp3) is 0.286. The van der Waals surface area contributed by atoms with E-state index < -0.39 is 0 Å². The number of nitriles is 1. The van der Waals surface area contributed by atoms with E-state index in [1.165, 1.54) is 12.1 Å². The van der Waals surface area contributed by atoms with E-state index in [-0.39, 0.29) is 5.82 Å². The molecule has 3 rings (SSSR count). The van der Waals surface area contributed by atoms with Gasteiger partial charge in [-0.15, -0.1) is 0 Å². The van der Waals surface area contributed by atoms with Gasteiger partial charge in [0.1, 0.15) is 17.3 Å². The zero-order valence-corrected chi connectivity index (χ0v) is 15.0. The number of methoxy groups -OCH3 is 2. The molecule has 0 amide bonds. The molecule has 0 unspecified atom stereocenters. The Labute approximate surface area is 153 Å². The topological polar surface area (TPSA) is 45.5 Å². The minimum absolute atomic E-state index is 0.360. The van der Waals surface area contributed by atoms with Crippen LogP contribution in [0, 0.1) is 17.1 Å². The van der Waals surface area contributed by atoms with Gasteiger partial charge in [0.15, 0.2) is 0 Å². The van der Waals surface area contributed by atoms with Crippen molar-refractivity contribution in [2.24, 2.45) is 0 Å². The van der Waals surface area contributed by atoms with Crippen LogP contribution < -0.4 is 14.4 Å². The Kier molecular flexibility index (Phi) is 5.43. The van der Waals surface area contributed by atoms with Crippen LogP contribution in [0.2, 0.25) is 0 Å². The maximum atomic E-state index is 13.5. The number of benzene rings is 2. The number of halogens is 1. The molecule has 0 radical (unpaired) electrons. The number of hydrogen-bond donors (Lipinski definition) is 0. The summed E-state index contributed by atoms with van der Waals surface area (Å²) in [7, 11) is 3.23. The van der Waals surface area contributed by atoms with Gasteiger partial charge in [0, 0.05) is 24.7 Å². The Morgan fingerprint density at radius 3 is 2.46 bits per heavy atom. The highest BCUT2D eigenvalue weighted by atomic mass is 19.1. The van der Waals surface area contributed by atoms with Crippen molar-refractivity contribution >= 4 is 17.3 Å². The van der Waals surface area contributed by atoms with Crippen molar-refractivity contribution < 1.29 is 13.9 Å². The summed E-state index contributed by atoms with van der Waals surface area (Å²) >= 11 is 0. The van der Waals surface area contributed by atoms with E-state index in [0.29, 0.717) is 22.4 Å². The van der Waals surface area contributed by atoms with Crippen molar-refractivity contribution in [3.8, 4) is 17.6 Å². The number of hydrogen-bond acceptors (Lipinski definition) is 4. The average molecular weight is 352 g/mol. The zero-order valence-electron chi connectivity index (χ0n) is 15.0. The fourth-order valence-electron chi connectivity index (χ4n) is 3.21. The molecule has 0 aromatic heterocycles. The summed E-state index contributed by atoms with van der Waals surface area (Å²) in [6.07, 6.45) is 4.01. The van der Waals surface area contributed by atoms with Gasteiger partial charge < -0.3 is 14.4 Å². The van der Waals surface area contributed by atoms with E-state index in [9.17, 15) is 9.65 Å². The normalized spacial score (nSPS) is 14.2. The average Bonchev–Trinajstić information content (AvgIpc) is 3.20. The lowest BCUT2D eigenvalue weighted by Gasteiger charge is -2.22. The Morgan fingerprint density at radius 1 is 1.12 bits per heavy atom. The minimum atomic E-state index is -0.377. The summed E-state index contributed by atoms with van der Waals surface area (Å²) in [4.78, 5) is 2.27. The SMILES string of the molecule is COc1cc(N2CCCC2)c(OC)cc1/C=C(/C#N)c1cccc(F)c1. The van der Waals surface area contributed by atoms with Gasteiger partial charge in [-0.25, -0.2) is 4.39 Å². The molecule has 2 aromatic rings. The van der Waals surface area contributed by atoms with E-state index in [2.05, 4.69) is 11.0 Å². The Balaban J connectivity index is 2.07. The molecule has 0 N–H and O–H groups in total. The van der Waals surface area contributed by atoms with Gasteiger partial charge >= 0.3 is 0 Å². The zero-order chi connectivity index (χ0) is 18.5. The maximum Gasteiger partial charge on any atom is 0.143 e. The molecule has 134 valence electrons. The summed E-state index contributed by atoms with van der Waals surface area (Å²) in [6.45, 7) is 1.98. The minimum Gasteiger partial charge on any atom is -0.496 e. The number of nitrogens with zero attached hydrogens (tertiary/aromatic N) is 2. The van der Waals surface area contributed by atoms with Crippen LogP contribution in [0.1, 0.15) is 24.0 Å². The van der Waals surface area contributed by atoms with E-state index in [1.54, 1.807) is 32.4 Å². The molecule has 0 aliphatic carbocycles. The molecule has 26 heavy (non-hydrogen) atoms. The Hall–Kier alpha value is -3.00. The van der Waals surface area contributed by atoms with Gasteiger partial charge in [-0.2, -0.15) is 5.26 Å². The molecule has 0 saturated carbocycles. The van der Waals surface area contributed by atoms with Gasteiger partial charge in [-0.3, -0.25) is 0 Å². The van der Waals surface area contributed by atoms with Crippen LogP contribution in [0.4, 0.5) is 10.1 Å². The lowest BCUT2D eigenvalue weighted by atomic mass is 10.0. The third-order valence-corrected chi connectivity index (χ3v) is 4.53. The Morgan fingerprint density at radius 2 is 1.85 bits per heavy atom. The first-order valence-electron chi connectivity index (χ1n) is 8.55. The van der Waals surface area contributed by atoms with Crippen molar-refractivity contribution in [3.05, 3.63) is 53.3 Å². The second kappa shape index (κ2) is 7.92. The van der Waals surface area contributed by atoms with Crippen molar-refractivity contribution in [3.63, 3.8) is 0 Å². The molecular weight excluding hydrogens is 331 g/mol. The summed E-state index contributed by atoms with van der Waals surface area (Å²) in [5, 5.41) is 9.53. The van der Waals surface area contributed by atoms with Crippen LogP contribution in [0.3, 0.4) is 0 Å². The number of anilines is 1. The Bertz CT molecular complexity index is 865. The molecule has 0 atom stereocenters. The number of allylic oxidation sites excluding steroid dienone is 1. The molecule has 1 saturated heterocycles.